The molecule has 2 aromatic heterocycles. The van der Waals surface area contributed by atoms with E-state index in [0.29, 0.717) is 6.04 Å². The van der Waals surface area contributed by atoms with Crippen LogP contribution in [0.1, 0.15) is 27.1 Å². The fourth-order valence-electron chi connectivity index (χ4n) is 2.41. The first-order valence-electron chi connectivity index (χ1n) is 6.63. The van der Waals surface area contributed by atoms with Gasteiger partial charge in [-0.2, -0.15) is 11.8 Å². The van der Waals surface area contributed by atoms with Gasteiger partial charge in [0.1, 0.15) is 0 Å². The van der Waals surface area contributed by atoms with Crippen molar-refractivity contribution in [3.8, 4) is 0 Å². The van der Waals surface area contributed by atoms with Gasteiger partial charge in [-0.1, -0.05) is 6.07 Å². The first-order valence-corrected chi connectivity index (χ1v) is 8.60. The Labute approximate surface area is 122 Å². The largest absolute Gasteiger partial charge is 0.312 e. The van der Waals surface area contributed by atoms with E-state index >= 15 is 0 Å². The maximum atomic E-state index is 4.43. The van der Waals surface area contributed by atoms with Crippen molar-refractivity contribution >= 4 is 23.1 Å². The number of likely N-dealkylation sites (N-methyl/N-ethyl adjacent to an activating group) is 1. The Hall–Kier alpha value is -0.840. The van der Waals surface area contributed by atoms with E-state index in [1.807, 2.05) is 42.4 Å². The van der Waals surface area contributed by atoms with E-state index in [-0.39, 0.29) is 0 Å². The third kappa shape index (κ3) is 3.02. The lowest BCUT2D eigenvalue weighted by atomic mass is 10.1. The van der Waals surface area contributed by atoms with E-state index < -0.39 is 0 Å². The van der Waals surface area contributed by atoms with Crippen LogP contribution >= 0.6 is 23.1 Å². The minimum absolute atomic E-state index is 0.385. The molecule has 0 amide bonds. The summed E-state index contributed by atoms with van der Waals surface area (Å²) in [4.78, 5) is 7.49. The molecule has 3 rings (SSSR count). The van der Waals surface area contributed by atoms with Crippen molar-refractivity contribution in [2.75, 3.05) is 12.8 Å². The molecule has 0 fully saturated rings. The minimum atomic E-state index is 0.385. The molecule has 1 aliphatic rings. The zero-order chi connectivity index (χ0) is 13.1. The molecule has 19 heavy (non-hydrogen) atoms. The molecule has 4 heteroatoms. The number of thiophene rings is 1. The van der Waals surface area contributed by atoms with Crippen molar-refractivity contribution in [1.82, 2.24) is 10.3 Å². The topological polar surface area (TPSA) is 24.9 Å². The summed E-state index contributed by atoms with van der Waals surface area (Å²) < 4.78 is 0. The Balaban J connectivity index is 1.80. The van der Waals surface area contributed by atoms with Crippen LogP contribution in [0.3, 0.4) is 0 Å². The maximum absolute atomic E-state index is 4.43. The average molecular weight is 290 g/mol. The van der Waals surface area contributed by atoms with E-state index in [2.05, 4.69) is 28.5 Å². The number of nitrogens with one attached hydrogen (secondary N) is 1. The summed E-state index contributed by atoms with van der Waals surface area (Å²) >= 11 is 4.03. The van der Waals surface area contributed by atoms with Crippen molar-refractivity contribution in [2.24, 2.45) is 0 Å². The molecule has 0 radical (unpaired) electrons. The zero-order valence-electron chi connectivity index (χ0n) is 11.1. The van der Waals surface area contributed by atoms with E-state index in [1.165, 1.54) is 22.8 Å². The first kappa shape index (κ1) is 13.2. The summed E-state index contributed by atoms with van der Waals surface area (Å²) in [6.45, 7) is 0. The van der Waals surface area contributed by atoms with Gasteiger partial charge in [-0.25, -0.2) is 0 Å². The van der Waals surface area contributed by atoms with Crippen LogP contribution in [0.15, 0.2) is 30.5 Å². The zero-order valence-corrected chi connectivity index (χ0v) is 12.7. The SMILES string of the molecule is CNC(Cc1ccccn1)c1cc2c(s1)CCSC2. The molecule has 3 heterocycles. The van der Waals surface area contributed by atoms with E-state index in [1.54, 1.807) is 10.4 Å². The second-order valence-electron chi connectivity index (χ2n) is 4.77. The lowest BCUT2D eigenvalue weighted by Gasteiger charge is -2.13. The number of pyridine rings is 1. The lowest BCUT2D eigenvalue weighted by Crippen LogP contribution is -2.18. The molecule has 0 aliphatic carbocycles. The first-order chi connectivity index (χ1) is 9.36. The number of hydrogen-bond donors (Lipinski definition) is 1. The molecule has 1 aliphatic heterocycles. The van der Waals surface area contributed by atoms with Gasteiger partial charge in [-0.05, 0) is 43.0 Å². The number of aromatic nitrogens is 1. The highest BCUT2D eigenvalue weighted by atomic mass is 32.2. The second-order valence-corrected chi connectivity index (χ2v) is 7.04. The van der Waals surface area contributed by atoms with Crippen LogP contribution in [0, 0.1) is 0 Å². The normalized spacial score (nSPS) is 16.1. The van der Waals surface area contributed by atoms with Crippen LogP contribution in [-0.2, 0) is 18.6 Å². The number of hydrogen-bond acceptors (Lipinski definition) is 4. The number of thioether (sulfide) groups is 1. The quantitative estimate of drug-likeness (QED) is 0.934. The van der Waals surface area contributed by atoms with Gasteiger partial charge in [-0.3, -0.25) is 4.98 Å². The average Bonchev–Trinajstić information content (AvgIpc) is 2.89. The molecule has 1 atom stereocenters. The van der Waals surface area contributed by atoms with Crippen LogP contribution in [0.25, 0.3) is 0 Å². The number of nitrogens with zero attached hydrogens (tertiary/aromatic N) is 1. The minimum Gasteiger partial charge on any atom is -0.312 e. The molecule has 1 N–H and O–H groups in total. The Bertz CT molecular complexity index is 513. The summed E-state index contributed by atoms with van der Waals surface area (Å²) in [6.07, 6.45) is 4.08. The van der Waals surface area contributed by atoms with Crippen LogP contribution in [0.4, 0.5) is 0 Å². The molecular formula is C15H18N2S2. The van der Waals surface area contributed by atoms with Gasteiger partial charge in [0, 0.05) is 39.9 Å². The molecule has 2 aromatic rings. The third-order valence-corrected chi connectivity index (χ3v) is 5.84. The van der Waals surface area contributed by atoms with Crippen molar-refractivity contribution < 1.29 is 0 Å². The molecule has 0 saturated heterocycles. The number of aryl methyl sites for hydroxylation is 1. The molecule has 100 valence electrons. The van der Waals surface area contributed by atoms with E-state index in [9.17, 15) is 0 Å². The highest BCUT2D eigenvalue weighted by molar-refractivity contribution is 7.98. The van der Waals surface area contributed by atoms with Gasteiger partial charge in [0.15, 0.2) is 0 Å². The van der Waals surface area contributed by atoms with Gasteiger partial charge in [0.05, 0.1) is 0 Å². The Morgan fingerprint density at radius 3 is 3.11 bits per heavy atom. The summed E-state index contributed by atoms with van der Waals surface area (Å²) in [5.41, 5.74) is 2.71. The smallest absolute Gasteiger partial charge is 0.0468 e. The molecule has 0 saturated carbocycles. The molecular weight excluding hydrogens is 272 g/mol. The number of fused-ring (bicyclic) bond motifs is 1. The standard InChI is InChI=1S/C15H18N2S2/c1-16-13(9-12-4-2-3-6-17-12)15-8-11-10-18-7-5-14(11)19-15/h2-4,6,8,13,16H,5,7,9-10H2,1H3. The fraction of sp³-hybridized carbons (Fsp3) is 0.400. The van der Waals surface area contributed by atoms with E-state index in [4.69, 9.17) is 0 Å². The van der Waals surface area contributed by atoms with Gasteiger partial charge >= 0.3 is 0 Å². The maximum Gasteiger partial charge on any atom is 0.0468 e. The Morgan fingerprint density at radius 2 is 2.37 bits per heavy atom. The van der Waals surface area contributed by atoms with Crippen molar-refractivity contribution in [3.63, 3.8) is 0 Å². The molecule has 0 aromatic carbocycles. The lowest BCUT2D eigenvalue weighted by molar-refractivity contribution is 0.594. The molecule has 1 unspecified atom stereocenters. The van der Waals surface area contributed by atoms with Gasteiger partial charge < -0.3 is 5.32 Å². The van der Waals surface area contributed by atoms with E-state index in [0.717, 1.165) is 12.1 Å². The molecule has 0 spiro atoms. The fourth-order valence-corrected chi connectivity index (χ4v) is 4.90. The van der Waals surface area contributed by atoms with Gasteiger partial charge in [0.2, 0.25) is 0 Å². The van der Waals surface area contributed by atoms with Crippen LogP contribution in [-0.4, -0.2) is 17.8 Å². The van der Waals surface area contributed by atoms with Gasteiger partial charge in [-0.15, -0.1) is 11.3 Å². The van der Waals surface area contributed by atoms with Crippen molar-refractivity contribution in [2.45, 2.75) is 24.6 Å². The summed E-state index contributed by atoms with van der Waals surface area (Å²) in [7, 11) is 2.04. The van der Waals surface area contributed by atoms with Crippen LogP contribution in [0.5, 0.6) is 0 Å². The highest BCUT2D eigenvalue weighted by Gasteiger charge is 2.18. The van der Waals surface area contributed by atoms with Crippen molar-refractivity contribution in [1.29, 1.82) is 0 Å². The molecule has 0 bridgehead atoms. The number of rotatable bonds is 4. The Kier molecular flexibility index (Phi) is 4.21. The highest BCUT2D eigenvalue weighted by Crippen LogP contribution is 2.35. The summed E-state index contributed by atoms with van der Waals surface area (Å²) in [5, 5.41) is 3.44. The summed E-state index contributed by atoms with van der Waals surface area (Å²) in [5.74, 6) is 2.46. The van der Waals surface area contributed by atoms with Gasteiger partial charge in [0.25, 0.3) is 0 Å². The van der Waals surface area contributed by atoms with Crippen LogP contribution < -0.4 is 5.32 Å². The third-order valence-electron chi connectivity index (χ3n) is 3.48. The predicted octanol–water partition coefficient (Wildman–Crippen LogP) is 3.44. The predicted molar refractivity (Wildman–Crippen MR) is 83.9 cm³/mol. The Morgan fingerprint density at radius 1 is 1.42 bits per heavy atom. The van der Waals surface area contributed by atoms with Crippen molar-refractivity contribution in [3.05, 3.63) is 51.5 Å². The monoisotopic (exact) mass is 290 g/mol. The summed E-state index contributed by atoms with van der Waals surface area (Å²) in [6, 6.07) is 8.92. The molecule has 2 nitrogen and oxygen atoms in total. The van der Waals surface area contributed by atoms with Crippen LogP contribution in [0.2, 0.25) is 0 Å². The second kappa shape index (κ2) is 6.07.